The average Bonchev–Trinajstić information content (AvgIpc) is 2.65. The van der Waals surface area contributed by atoms with Crippen molar-refractivity contribution in [3.8, 4) is 5.75 Å². The predicted octanol–water partition coefficient (Wildman–Crippen LogP) is 1.09. The van der Waals surface area contributed by atoms with Crippen LogP contribution < -0.4 is 4.74 Å². The quantitative estimate of drug-likeness (QED) is 0.357. The molecular formula is C17H23N3O7. The van der Waals surface area contributed by atoms with Crippen LogP contribution >= 0.6 is 0 Å². The van der Waals surface area contributed by atoms with E-state index in [9.17, 15) is 24.5 Å². The monoisotopic (exact) mass is 381 g/mol. The zero-order valence-corrected chi connectivity index (χ0v) is 15.8. The third kappa shape index (κ3) is 5.94. The van der Waals surface area contributed by atoms with E-state index < -0.39 is 23.4 Å². The molecular weight excluding hydrogens is 358 g/mol. The molecule has 1 aromatic rings. The second kappa shape index (κ2) is 10.1. The summed E-state index contributed by atoms with van der Waals surface area (Å²) in [4.78, 5) is 49.1. The molecule has 0 aliphatic carbocycles. The zero-order valence-electron chi connectivity index (χ0n) is 15.8. The van der Waals surface area contributed by atoms with Crippen LogP contribution in [0, 0.1) is 10.1 Å². The molecule has 0 N–H and O–H groups in total. The lowest BCUT2D eigenvalue weighted by Crippen LogP contribution is -2.42. The molecule has 0 radical (unpaired) electrons. The fourth-order valence-electron chi connectivity index (χ4n) is 2.25. The molecule has 0 fully saturated rings. The molecule has 1 rings (SSSR count). The highest BCUT2D eigenvalue weighted by atomic mass is 16.6. The number of benzene rings is 1. The van der Waals surface area contributed by atoms with Gasteiger partial charge < -0.3 is 19.3 Å². The van der Waals surface area contributed by atoms with Crippen LogP contribution in [0.1, 0.15) is 24.2 Å². The number of nitrogens with zero attached hydrogens (tertiary/aromatic N) is 3. The second-order valence-corrected chi connectivity index (χ2v) is 5.54. The largest absolute Gasteiger partial charge is 0.490 e. The Morgan fingerprint density at radius 1 is 1.15 bits per heavy atom. The van der Waals surface area contributed by atoms with Crippen molar-refractivity contribution in [2.75, 3.05) is 40.4 Å². The molecule has 0 spiro atoms. The van der Waals surface area contributed by atoms with Gasteiger partial charge in [0.2, 0.25) is 5.91 Å². The molecule has 2 amide bonds. The summed E-state index contributed by atoms with van der Waals surface area (Å²) in [6.45, 7) is 4.01. The Balaban J connectivity index is 2.68. The Hall–Kier alpha value is -3.17. The van der Waals surface area contributed by atoms with Gasteiger partial charge in [0, 0.05) is 26.2 Å². The highest BCUT2D eigenvalue weighted by Gasteiger charge is 2.21. The van der Waals surface area contributed by atoms with Crippen LogP contribution in [0.5, 0.6) is 5.75 Å². The van der Waals surface area contributed by atoms with Gasteiger partial charge >= 0.3 is 11.7 Å². The van der Waals surface area contributed by atoms with Crippen molar-refractivity contribution in [1.82, 2.24) is 9.80 Å². The lowest BCUT2D eigenvalue weighted by atomic mass is 10.2. The van der Waals surface area contributed by atoms with Gasteiger partial charge in [0.25, 0.3) is 5.91 Å². The van der Waals surface area contributed by atoms with Gasteiger partial charge in [0.05, 0.1) is 24.1 Å². The van der Waals surface area contributed by atoms with Crippen LogP contribution in [-0.4, -0.2) is 72.9 Å². The number of rotatable bonds is 9. The smallest absolute Gasteiger partial charge is 0.338 e. The highest BCUT2D eigenvalue weighted by Crippen LogP contribution is 2.27. The minimum atomic E-state index is -0.891. The molecule has 0 aliphatic rings. The molecule has 0 saturated heterocycles. The third-order valence-electron chi connectivity index (χ3n) is 3.85. The van der Waals surface area contributed by atoms with Gasteiger partial charge in [-0.15, -0.1) is 0 Å². The van der Waals surface area contributed by atoms with E-state index in [4.69, 9.17) is 9.47 Å². The van der Waals surface area contributed by atoms with E-state index in [-0.39, 0.29) is 29.5 Å². The molecule has 0 unspecified atom stereocenters. The molecule has 148 valence electrons. The molecule has 27 heavy (non-hydrogen) atoms. The Bertz CT molecular complexity index is 716. The fraction of sp³-hybridized carbons (Fsp3) is 0.471. The first kappa shape index (κ1) is 21.9. The van der Waals surface area contributed by atoms with E-state index in [0.717, 1.165) is 11.0 Å². The van der Waals surface area contributed by atoms with Crippen molar-refractivity contribution in [3.63, 3.8) is 0 Å². The van der Waals surface area contributed by atoms with Gasteiger partial charge in [-0.2, -0.15) is 0 Å². The summed E-state index contributed by atoms with van der Waals surface area (Å²) in [6, 6.07) is 3.58. The fourth-order valence-corrected chi connectivity index (χ4v) is 2.25. The summed E-state index contributed by atoms with van der Waals surface area (Å²) in [5.74, 6) is -1.67. The second-order valence-electron chi connectivity index (χ2n) is 5.54. The summed E-state index contributed by atoms with van der Waals surface area (Å²) >= 11 is 0. The number of ether oxygens (including phenoxy) is 2. The SMILES string of the molecule is CCN(CC)C(=O)CN(C)C(=O)COC(=O)c1ccc(OC)c([N+](=O)[O-])c1. The standard InChI is InChI=1S/C17H23N3O7/c1-5-19(6-2)15(21)10-18(3)16(22)11-27-17(23)12-7-8-14(26-4)13(9-12)20(24)25/h7-9H,5-6,10-11H2,1-4H3. The number of hydrogen-bond donors (Lipinski definition) is 0. The maximum atomic E-state index is 12.0. The first-order chi connectivity index (χ1) is 12.7. The summed E-state index contributed by atoms with van der Waals surface area (Å²) in [6.07, 6.45) is 0. The minimum Gasteiger partial charge on any atom is -0.490 e. The van der Waals surface area contributed by atoms with Gasteiger partial charge in [-0.25, -0.2) is 4.79 Å². The molecule has 0 saturated carbocycles. The number of esters is 1. The molecule has 0 aliphatic heterocycles. The van der Waals surface area contributed by atoms with Crippen LogP contribution in [0.3, 0.4) is 0 Å². The summed E-state index contributed by atoms with van der Waals surface area (Å²) in [5.41, 5.74) is -0.475. The Morgan fingerprint density at radius 3 is 2.30 bits per heavy atom. The van der Waals surface area contributed by atoms with Gasteiger partial charge in [0.15, 0.2) is 12.4 Å². The van der Waals surface area contributed by atoms with E-state index >= 15 is 0 Å². The lowest BCUT2D eigenvalue weighted by Gasteiger charge is -2.23. The van der Waals surface area contributed by atoms with E-state index in [0.29, 0.717) is 13.1 Å². The number of likely N-dealkylation sites (N-methyl/N-ethyl adjacent to an activating group) is 2. The minimum absolute atomic E-state index is 0.00211. The third-order valence-corrected chi connectivity index (χ3v) is 3.85. The molecule has 0 heterocycles. The molecule has 0 aromatic heterocycles. The van der Waals surface area contributed by atoms with Crippen molar-refractivity contribution < 1.29 is 28.8 Å². The van der Waals surface area contributed by atoms with Crippen LogP contribution in [0.25, 0.3) is 0 Å². The van der Waals surface area contributed by atoms with Crippen molar-refractivity contribution in [3.05, 3.63) is 33.9 Å². The predicted molar refractivity (Wildman–Crippen MR) is 95.5 cm³/mol. The average molecular weight is 381 g/mol. The van der Waals surface area contributed by atoms with E-state index in [1.807, 2.05) is 13.8 Å². The summed E-state index contributed by atoms with van der Waals surface area (Å²) in [5, 5.41) is 11.0. The van der Waals surface area contributed by atoms with E-state index in [1.165, 1.54) is 26.3 Å². The number of nitro groups is 1. The first-order valence-electron chi connectivity index (χ1n) is 8.26. The number of carbonyl (C=O) groups is 3. The maximum absolute atomic E-state index is 12.0. The molecule has 0 atom stereocenters. The van der Waals surface area contributed by atoms with Crippen LogP contribution in [0.4, 0.5) is 5.69 Å². The Labute approximate surface area is 156 Å². The Morgan fingerprint density at radius 2 is 1.78 bits per heavy atom. The number of carbonyl (C=O) groups excluding carboxylic acids is 3. The van der Waals surface area contributed by atoms with Gasteiger partial charge in [-0.3, -0.25) is 19.7 Å². The number of amides is 2. The van der Waals surface area contributed by atoms with E-state index in [2.05, 4.69) is 0 Å². The van der Waals surface area contributed by atoms with Crippen molar-refractivity contribution in [1.29, 1.82) is 0 Å². The summed E-state index contributed by atoms with van der Waals surface area (Å²) < 4.78 is 9.75. The van der Waals surface area contributed by atoms with Crippen molar-refractivity contribution in [2.24, 2.45) is 0 Å². The van der Waals surface area contributed by atoms with Crippen molar-refractivity contribution in [2.45, 2.75) is 13.8 Å². The topological polar surface area (TPSA) is 119 Å². The van der Waals surface area contributed by atoms with Crippen LogP contribution in [-0.2, 0) is 14.3 Å². The van der Waals surface area contributed by atoms with Gasteiger partial charge in [-0.05, 0) is 26.0 Å². The highest BCUT2D eigenvalue weighted by molar-refractivity contribution is 5.93. The van der Waals surface area contributed by atoms with Gasteiger partial charge in [0.1, 0.15) is 0 Å². The molecule has 10 nitrogen and oxygen atoms in total. The number of methoxy groups -OCH3 is 1. The summed E-state index contributed by atoms with van der Waals surface area (Å²) in [7, 11) is 2.70. The van der Waals surface area contributed by atoms with E-state index in [1.54, 1.807) is 4.90 Å². The molecule has 1 aromatic carbocycles. The number of nitro benzene ring substituents is 1. The van der Waals surface area contributed by atoms with Crippen LogP contribution in [0.2, 0.25) is 0 Å². The lowest BCUT2D eigenvalue weighted by molar-refractivity contribution is -0.385. The molecule has 10 heteroatoms. The number of hydrogen-bond acceptors (Lipinski definition) is 7. The normalized spacial score (nSPS) is 10.1. The first-order valence-corrected chi connectivity index (χ1v) is 8.26. The zero-order chi connectivity index (χ0) is 20.6. The van der Waals surface area contributed by atoms with Gasteiger partial charge in [-0.1, -0.05) is 0 Å². The maximum Gasteiger partial charge on any atom is 0.338 e. The Kier molecular flexibility index (Phi) is 8.18. The molecule has 0 bridgehead atoms. The van der Waals surface area contributed by atoms with Crippen molar-refractivity contribution >= 4 is 23.5 Å². The van der Waals surface area contributed by atoms with Crippen LogP contribution in [0.15, 0.2) is 18.2 Å².